The third-order valence-corrected chi connectivity index (χ3v) is 12.6. The molecule has 1 rings (SSSR count). The molecule has 8 heteroatoms. The third kappa shape index (κ3) is 14.9. The van der Waals surface area contributed by atoms with Crippen LogP contribution in [-0.2, 0) is 6.16 Å². The van der Waals surface area contributed by atoms with E-state index in [0.29, 0.717) is 15.1 Å². The van der Waals surface area contributed by atoms with Crippen LogP contribution in [0.2, 0.25) is 0 Å². The van der Waals surface area contributed by atoms with Crippen LogP contribution in [0.4, 0.5) is 0 Å². The summed E-state index contributed by atoms with van der Waals surface area (Å²) in [5.41, 5.74) is 6.91. The van der Waals surface area contributed by atoms with Crippen LogP contribution in [0.3, 0.4) is 0 Å². The van der Waals surface area contributed by atoms with Crippen molar-refractivity contribution in [2.24, 2.45) is 0 Å². The molecule has 0 saturated carbocycles. The van der Waals surface area contributed by atoms with Gasteiger partial charge in [-0.3, -0.25) is 0 Å². The van der Waals surface area contributed by atoms with E-state index in [1.807, 2.05) is 0 Å². The molecular formula is C29H67B2KN3P2+3. The van der Waals surface area contributed by atoms with Crippen molar-refractivity contribution in [1.29, 1.82) is 0 Å². The standard InChI is InChI=1S/C20H41B2P2.C9H23N3.K/c1-15(2)23(21,16(3)4)13-19-11-9-10-12-20(19)14-24(22,17(5)6)18(7)8;1-10(2)6-8-12(5)9-7-11(3)4;/h9-13,15-18H,14H2,1-8,21-22H3;6-9H2,1-5H3;/q-1;;+1/p+3. The van der Waals surface area contributed by atoms with Crippen LogP contribution in [-0.4, -0.2) is 105 Å². The van der Waals surface area contributed by atoms with Crippen molar-refractivity contribution in [3.8, 4) is 0 Å². The number of rotatable bonds is 13. The van der Waals surface area contributed by atoms with Crippen molar-refractivity contribution in [1.82, 2.24) is 0 Å². The summed E-state index contributed by atoms with van der Waals surface area (Å²) in [5.74, 6) is 2.82. The van der Waals surface area contributed by atoms with Gasteiger partial charge in [-0.1, -0.05) is 69.1 Å². The molecule has 0 aliphatic carbocycles. The first-order chi connectivity index (χ1) is 16.5. The maximum absolute atomic E-state index is 2.82. The Bertz CT molecular complexity index is 767. The van der Waals surface area contributed by atoms with Crippen molar-refractivity contribution < 1.29 is 66.1 Å². The molecule has 3 nitrogen and oxygen atoms in total. The van der Waals surface area contributed by atoms with Gasteiger partial charge in [0.1, 0.15) is 33.7 Å². The molecule has 3 N–H and O–H groups in total. The van der Waals surface area contributed by atoms with Crippen LogP contribution in [0.15, 0.2) is 24.3 Å². The molecule has 0 aromatic heterocycles. The van der Waals surface area contributed by atoms with E-state index in [-0.39, 0.29) is 51.4 Å². The molecule has 0 heterocycles. The fourth-order valence-corrected chi connectivity index (χ4v) is 9.04. The van der Waals surface area contributed by atoms with E-state index in [1.54, 1.807) is 25.8 Å². The number of benzene rings is 1. The first-order valence-electron chi connectivity index (χ1n) is 13.6. The zero-order valence-electron chi connectivity index (χ0n) is 26.1. The molecule has 0 saturated heterocycles. The Hall–Kier alpha value is 1.60. The van der Waals surface area contributed by atoms with Gasteiger partial charge in [-0.15, -0.1) is 7.14 Å². The molecule has 0 aliphatic heterocycles. The van der Waals surface area contributed by atoms with E-state index in [1.165, 1.54) is 32.3 Å². The molecule has 1 aromatic carbocycles. The van der Waals surface area contributed by atoms with Crippen LogP contribution >= 0.6 is 13.9 Å². The number of hydrogen-bond donors (Lipinski definition) is 3. The zero-order valence-corrected chi connectivity index (χ0v) is 31.0. The average Bonchev–Trinajstić information content (AvgIpc) is 2.77. The first-order valence-corrected chi connectivity index (χ1v) is 16.8. The summed E-state index contributed by atoms with van der Waals surface area (Å²) in [6.45, 7) is 24.3. The van der Waals surface area contributed by atoms with Crippen LogP contribution in [0.25, 0.3) is 0 Å². The second-order valence-corrected chi connectivity index (χ2v) is 18.3. The Labute approximate surface area is 279 Å². The van der Waals surface area contributed by atoms with Gasteiger partial charge >= 0.3 is 51.4 Å². The Morgan fingerprint density at radius 1 is 0.757 bits per heavy atom. The SMILES string of the molecule is C[NH+](C)CC[NH+](C)CC[NH+](C)C.[BH3-]P(=Cc1ccccc1C[P+]([BH3-])(C(C)C)C(C)C)(C(C)C)C(C)C.[K+]. The minimum atomic E-state index is -0.817. The van der Waals surface area contributed by atoms with E-state index < -0.39 is 13.9 Å². The van der Waals surface area contributed by atoms with Gasteiger partial charge in [0.25, 0.3) is 0 Å². The van der Waals surface area contributed by atoms with Crippen molar-refractivity contribution in [3.63, 3.8) is 0 Å². The normalized spacial score (nSPS) is 12.6. The summed E-state index contributed by atoms with van der Waals surface area (Å²) >= 11 is 0. The van der Waals surface area contributed by atoms with E-state index >= 15 is 0 Å². The van der Waals surface area contributed by atoms with Crippen LogP contribution in [0, 0.1) is 0 Å². The van der Waals surface area contributed by atoms with Crippen molar-refractivity contribution >= 4 is 34.8 Å². The maximum Gasteiger partial charge on any atom is 1.00 e. The molecule has 0 atom stereocenters. The van der Waals surface area contributed by atoms with Crippen molar-refractivity contribution in [2.45, 2.75) is 84.2 Å². The Morgan fingerprint density at radius 2 is 1.16 bits per heavy atom. The summed E-state index contributed by atoms with van der Waals surface area (Å²) in [4.78, 5) is 4.75. The monoisotopic (exact) mass is 580 g/mol. The van der Waals surface area contributed by atoms with E-state index in [2.05, 4.69) is 121 Å². The van der Waals surface area contributed by atoms with Crippen LogP contribution in [0.5, 0.6) is 0 Å². The maximum atomic E-state index is 2.82. The molecule has 0 aliphatic rings. The Balaban J connectivity index is 0. The number of nitrogens with one attached hydrogen (secondary N) is 3. The Morgan fingerprint density at radius 3 is 1.51 bits per heavy atom. The molecule has 0 fully saturated rings. The number of hydrogen-bond acceptors (Lipinski definition) is 0. The third-order valence-electron chi connectivity index (χ3n) is 6.32. The molecule has 0 bridgehead atoms. The largest absolute Gasteiger partial charge is 1.00 e. The summed E-state index contributed by atoms with van der Waals surface area (Å²) in [6, 6.07) is 9.44. The fraction of sp³-hybridized carbons (Fsp3) is 0.759. The second kappa shape index (κ2) is 19.7. The molecule has 212 valence electrons. The smallest absolute Gasteiger partial charge is 0.335 e. The second-order valence-electron chi connectivity index (χ2n) is 11.7. The number of likely N-dealkylation sites (N-methyl/N-ethyl adjacent to an activating group) is 3. The van der Waals surface area contributed by atoms with Gasteiger partial charge in [0.15, 0.2) is 0 Å². The van der Waals surface area contributed by atoms with Crippen LogP contribution in [0.1, 0.15) is 66.5 Å². The molecule has 0 amide bonds. The molecule has 0 spiro atoms. The summed E-state index contributed by atoms with van der Waals surface area (Å²) < 4.78 is 0. The molecule has 0 unspecified atom stereocenters. The van der Waals surface area contributed by atoms with Gasteiger partial charge in [-0.05, 0) is 46.4 Å². The zero-order chi connectivity index (χ0) is 28.3. The van der Waals surface area contributed by atoms with Crippen molar-refractivity contribution in [2.75, 3.05) is 61.4 Å². The first kappa shape index (κ1) is 40.7. The minimum absolute atomic E-state index is 0. The molecule has 1 aromatic rings. The minimum Gasteiger partial charge on any atom is -0.335 e. The fourth-order valence-electron chi connectivity index (χ4n) is 4.07. The van der Waals surface area contributed by atoms with Gasteiger partial charge in [-0.2, -0.15) is 0 Å². The van der Waals surface area contributed by atoms with Gasteiger partial charge < -0.3 is 14.7 Å². The van der Waals surface area contributed by atoms with Gasteiger partial charge in [0.2, 0.25) is 0 Å². The Kier molecular flexibility index (Phi) is 21.7. The van der Waals surface area contributed by atoms with Gasteiger partial charge in [-0.25, -0.2) is 6.76 Å². The topological polar surface area (TPSA) is 13.3 Å². The van der Waals surface area contributed by atoms with Gasteiger partial charge in [0, 0.05) is 17.5 Å². The predicted octanol–water partition coefficient (Wildman–Crippen LogP) is -2.64. The van der Waals surface area contributed by atoms with Crippen molar-refractivity contribution in [3.05, 3.63) is 35.4 Å². The quantitative estimate of drug-likeness (QED) is 0.167. The van der Waals surface area contributed by atoms with Crippen LogP contribution < -0.4 is 66.1 Å². The predicted molar refractivity (Wildman–Crippen MR) is 182 cm³/mol. The molecule has 37 heavy (non-hydrogen) atoms. The summed E-state index contributed by atoms with van der Waals surface area (Å²) in [7, 11) is 11.2. The summed E-state index contributed by atoms with van der Waals surface area (Å²) in [6.07, 6.45) is 1.42. The van der Waals surface area contributed by atoms with E-state index in [4.69, 9.17) is 0 Å². The van der Waals surface area contributed by atoms with E-state index in [0.717, 1.165) is 22.6 Å². The summed E-state index contributed by atoms with van der Waals surface area (Å²) in [5, 5.41) is 0. The molecule has 0 radical (unpaired) electrons. The average molecular weight is 581 g/mol. The number of quaternary nitrogens is 3. The van der Waals surface area contributed by atoms with Gasteiger partial charge in [0.05, 0.1) is 35.2 Å². The van der Waals surface area contributed by atoms with E-state index in [9.17, 15) is 0 Å². The molecular weight excluding hydrogens is 513 g/mol.